The number of hydrogen-bond donors (Lipinski definition) is 0. The minimum absolute atomic E-state index is 0.258. The van der Waals surface area contributed by atoms with Crippen LogP contribution in [0.5, 0.6) is 0 Å². The number of carbonyl (C=O) groups excluding carboxylic acids is 1. The van der Waals surface area contributed by atoms with Crippen LogP contribution in [0.15, 0.2) is 30.5 Å². The van der Waals surface area contributed by atoms with Gasteiger partial charge >= 0.3 is 0 Å². The van der Waals surface area contributed by atoms with Gasteiger partial charge in [-0.15, -0.1) is 0 Å². The lowest BCUT2D eigenvalue weighted by Gasteiger charge is -2.33. The van der Waals surface area contributed by atoms with Crippen LogP contribution in [0.2, 0.25) is 0 Å². The molecule has 5 nitrogen and oxygen atoms in total. The van der Waals surface area contributed by atoms with E-state index in [0.717, 1.165) is 38.1 Å². The second-order valence-corrected chi connectivity index (χ2v) is 6.79. The fourth-order valence-electron chi connectivity index (χ4n) is 3.55. The van der Waals surface area contributed by atoms with Gasteiger partial charge in [-0.3, -0.25) is 4.79 Å². The zero-order valence-corrected chi connectivity index (χ0v) is 14.6. The number of halogens is 2. The SMILES string of the molecule is CN1CCN(c2cc(C(=O)N3CCc4c(F)cc(F)cc43)ccn2)CC1. The number of carbonyl (C=O) groups is 1. The van der Waals surface area contributed by atoms with Gasteiger partial charge in [-0.1, -0.05) is 0 Å². The molecule has 1 fully saturated rings. The number of piperazine rings is 1. The first-order chi connectivity index (χ1) is 12.5. The van der Waals surface area contributed by atoms with E-state index in [1.807, 2.05) is 0 Å². The van der Waals surface area contributed by atoms with Crippen LogP contribution in [-0.4, -0.2) is 55.6 Å². The Morgan fingerprint density at radius 3 is 2.62 bits per heavy atom. The van der Waals surface area contributed by atoms with Crippen molar-refractivity contribution in [3.05, 3.63) is 53.2 Å². The summed E-state index contributed by atoms with van der Waals surface area (Å²) in [5.74, 6) is -0.766. The van der Waals surface area contributed by atoms with Crippen LogP contribution in [0.4, 0.5) is 20.3 Å². The highest BCUT2D eigenvalue weighted by atomic mass is 19.1. The third-order valence-electron chi connectivity index (χ3n) is 5.08. The lowest BCUT2D eigenvalue weighted by Crippen LogP contribution is -2.44. The molecular weight excluding hydrogens is 338 g/mol. The van der Waals surface area contributed by atoms with E-state index in [1.54, 1.807) is 18.3 Å². The van der Waals surface area contributed by atoms with Crippen LogP contribution in [0.25, 0.3) is 0 Å². The maximum absolute atomic E-state index is 13.9. The van der Waals surface area contributed by atoms with Gasteiger partial charge in [-0.25, -0.2) is 13.8 Å². The quantitative estimate of drug-likeness (QED) is 0.826. The van der Waals surface area contributed by atoms with E-state index >= 15 is 0 Å². The van der Waals surface area contributed by atoms with Gasteiger partial charge in [0.2, 0.25) is 0 Å². The van der Waals surface area contributed by atoms with Crippen LogP contribution in [-0.2, 0) is 6.42 Å². The second kappa shape index (κ2) is 6.64. The van der Waals surface area contributed by atoms with E-state index < -0.39 is 11.6 Å². The van der Waals surface area contributed by atoms with Gasteiger partial charge < -0.3 is 14.7 Å². The van der Waals surface area contributed by atoms with Gasteiger partial charge in [-0.05, 0) is 31.7 Å². The molecule has 4 rings (SSSR count). The Morgan fingerprint density at radius 1 is 1.08 bits per heavy atom. The first kappa shape index (κ1) is 16.9. The number of likely N-dealkylation sites (N-methyl/N-ethyl adjacent to an activating group) is 1. The van der Waals surface area contributed by atoms with Crippen molar-refractivity contribution in [1.82, 2.24) is 9.88 Å². The second-order valence-electron chi connectivity index (χ2n) is 6.79. The summed E-state index contributed by atoms with van der Waals surface area (Å²) >= 11 is 0. The Kier molecular flexibility index (Phi) is 4.32. The average Bonchev–Trinajstić information content (AvgIpc) is 3.06. The van der Waals surface area contributed by atoms with Crippen molar-refractivity contribution in [3.63, 3.8) is 0 Å². The van der Waals surface area contributed by atoms with E-state index in [0.29, 0.717) is 29.8 Å². The molecule has 0 unspecified atom stereocenters. The lowest BCUT2D eigenvalue weighted by molar-refractivity contribution is 0.0989. The molecule has 0 atom stereocenters. The molecular formula is C19H20F2N4O. The van der Waals surface area contributed by atoms with Gasteiger partial charge in [0.15, 0.2) is 0 Å². The molecule has 2 aromatic rings. The largest absolute Gasteiger partial charge is 0.354 e. The van der Waals surface area contributed by atoms with E-state index in [9.17, 15) is 13.6 Å². The van der Waals surface area contributed by atoms with Gasteiger partial charge in [0.25, 0.3) is 5.91 Å². The number of pyridine rings is 1. The molecule has 1 saturated heterocycles. The molecule has 1 aromatic carbocycles. The van der Waals surface area contributed by atoms with Crippen molar-refractivity contribution >= 4 is 17.4 Å². The number of rotatable bonds is 2. The maximum Gasteiger partial charge on any atom is 0.258 e. The van der Waals surface area contributed by atoms with Crippen LogP contribution in [0.1, 0.15) is 15.9 Å². The van der Waals surface area contributed by atoms with Crippen LogP contribution < -0.4 is 9.80 Å². The van der Waals surface area contributed by atoms with Gasteiger partial charge in [0.1, 0.15) is 17.5 Å². The summed E-state index contributed by atoms with van der Waals surface area (Å²) in [5, 5.41) is 0. The summed E-state index contributed by atoms with van der Waals surface area (Å²) in [5.41, 5.74) is 1.20. The summed E-state index contributed by atoms with van der Waals surface area (Å²) in [6.07, 6.45) is 2.01. The van der Waals surface area contributed by atoms with Crippen molar-refractivity contribution in [2.45, 2.75) is 6.42 Å². The molecule has 0 aliphatic carbocycles. The molecule has 7 heteroatoms. The van der Waals surface area contributed by atoms with E-state index in [1.165, 1.54) is 11.0 Å². The first-order valence-electron chi connectivity index (χ1n) is 8.72. The summed E-state index contributed by atoms with van der Waals surface area (Å²) in [6.45, 7) is 3.94. The topological polar surface area (TPSA) is 39.7 Å². The molecule has 0 radical (unpaired) electrons. The molecule has 0 spiro atoms. The number of hydrogen-bond acceptors (Lipinski definition) is 4. The molecule has 26 heavy (non-hydrogen) atoms. The molecule has 1 aromatic heterocycles. The Morgan fingerprint density at radius 2 is 1.85 bits per heavy atom. The number of aromatic nitrogens is 1. The lowest BCUT2D eigenvalue weighted by atomic mass is 10.1. The molecule has 2 aliphatic rings. The highest BCUT2D eigenvalue weighted by Crippen LogP contribution is 2.32. The van der Waals surface area contributed by atoms with Gasteiger partial charge in [0.05, 0.1) is 5.69 Å². The standard InChI is InChI=1S/C19H20F2N4O/c1-23-6-8-24(9-7-23)18-10-13(2-4-22-18)19(26)25-5-3-15-16(21)11-14(20)12-17(15)25/h2,4,10-12H,3,5-9H2,1H3. The molecule has 1 amide bonds. The Hall–Kier alpha value is -2.54. The summed E-state index contributed by atoms with van der Waals surface area (Å²) in [7, 11) is 2.08. The monoisotopic (exact) mass is 358 g/mol. The number of nitrogens with zero attached hydrogens (tertiary/aromatic N) is 4. The number of amides is 1. The smallest absolute Gasteiger partial charge is 0.258 e. The Labute approximate surface area is 150 Å². The zero-order chi connectivity index (χ0) is 18.3. The average molecular weight is 358 g/mol. The molecule has 2 aliphatic heterocycles. The van der Waals surface area contributed by atoms with Crippen LogP contribution in [0.3, 0.4) is 0 Å². The summed E-state index contributed by atoms with van der Waals surface area (Å²) in [6, 6.07) is 5.51. The first-order valence-corrected chi connectivity index (χ1v) is 8.72. The molecule has 0 bridgehead atoms. The summed E-state index contributed by atoms with van der Waals surface area (Å²) < 4.78 is 27.5. The van der Waals surface area contributed by atoms with Crippen LogP contribution in [0, 0.1) is 11.6 Å². The minimum Gasteiger partial charge on any atom is -0.354 e. The predicted molar refractivity (Wildman–Crippen MR) is 95.7 cm³/mol. The Bertz CT molecular complexity index is 849. The third-order valence-corrected chi connectivity index (χ3v) is 5.08. The number of fused-ring (bicyclic) bond motifs is 1. The van der Waals surface area contributed by atoms with E-state index in [2.05, 4.69) is 21.8 Å². The number of benzene rings is 1. The molecule has 0 saturated carbocycles. The maximum atomic E-state index is 13.9. The van der Waals surface area contributed by atoms with Gasteiger partial charge in [-0.2, -0.15) is 0 Å². The van der Waals surface area contributed by atoms with E-state index in [4.69, 9.17) is 0 Å². The zero-order valence-electron chi connectivity index (χ0n) is 14.6. The summed E-state index contributed by atoms with van der Waals surface area (Å²) in [4.78, 5) is 23.2. The molecule has 136 valence electrons. The molecule has 0 N–H and O–H groups in total. The normalized spacial score (nSPS) is 17.5. The molecule has 3 heterocycles. The minimum atomic E-state index is -0.672. The van der Waals surface area contributed by atoms with Crippen molar-refractivity contribution < 1.29 is 13.6 Å². The van der Waals surface area contributed by atoms with Crippen molar-refractivity contribution in [3.8, 4) is 0 Å². The highest BCUT2D eigenvalue weighted by Gasteiger charge is 2.29. The van der Waals surface area contributed by atoms with Crippen molar-refractivity contribution in [2.75, 3.05) is 49.6 Å². The predicted octanol–water partition coefficient (Wildman–Crippen LogP) is 2.31. The fourth-order valence-corrected chi connectivity index (χ4v) is 3.55. The highest BCUT2D eigenvalue weighted by molar-refractivity contribution is 6.07. The van der Waals surface area contributed by atoms with Crippen molar-refractivity contribution in [2.24, 2.45) is 0 Å². The van der Waals surface area contributed by atoms with Crippen LogP contribution >= 0.6 is 0 Å². The number of anilines is 2. The Balaban J connectivity index is 1.60. The van der Waals surface area contributed by atoms with Gasteiger partial charge in [0, 0.05) is 56.1 Å². The van der Waals surface area contributed by atoms with Crippen molar-refractivity contribution in [1.29, 1.82) is 0 Å². The van der Waals surface area contributed by atoms with E-state index in [-0.39, 0.29) is 5.91 Å². The third kappa shape index (κ3) is 3.03. The fraction of sp³-hybridized carbons (Fsp3) is 0.368.